The van der Waals surface area contributed by atoms with Gasteiger partial charge in [0.05, 0.1) is 5.69 Å². The smallest absolute Gasteiger partial charge is 0.248 e. The highest BCUT2D eigenvalue weighted by molar-refractivity contribution is 6.02. The lowest BCUT2D eigenvalue weighted by Crippen LogP contribution is -2.09. The largest absolute Gasteiger partial charge is 0.399 e. The highest BCUT2D eigenvalue weighted by Crippen LogP contribution is 2.16. The molecule has 0 atom stereocenters. The van der Waals surface area contributed by atoms with E-state index < -0.39 is 17.5 Å². The quantitative estimate of drug-likeness (QED) is 0.667. The number of carbonyl (C=O) groups excluding carboxylic acids is 1. The molecule has 102 valence electrons. The SMILES string of the molecule is Nc1ccc(/C=C/C(=O)Nc2cccc(F)c2F)cc1. The van der Waals surface area contributed by atoms with E-state index in [9.17, 15) is 13.6 Å². The Balaban J connectivity index is 2.05. The van der Waals surface area contributed by atoms with Crippen LogP contribution >= 0.6 is 0 Å². The molecule has 20 heavy (non-hydrogen) atoms. The summed E-state index contributed by atoms with van der Waals surface area (Å²) < 4.78 is 26.3. The minimum absolute atomic E-state index is 0.197. The average Bonchev–Trinajstić information content (AvgIpc) is 2.43. The normalized spacial score (nSPS) is 10.7. The zero-order valence-corrected chi connectivity index (χ0v) is 10.4. The van der Waals surface area contributed by atoms with E-state index in [-0.39, 0.29) is 5.69 Å². The maximum atomic E-state index is 13.3. The Bertz CT molecular complexity index is 651. The fourth-order valence-electron chi connectivity index (χ4n) is 1.55. The van der Waals surface area contributed by atoms with Crippen molar-refractivity contribution < 1.29 is 13.6 Å². The van der Waals surface area contributed by atoms with Gasteiger partial charge in [-0.2, -0.15) is 0 Å². The summed E-state index contributed by atoms with van der Waals surface area (Å²) in [6, 6.07) is 10.5. The Morgan fingerprint density at radius 2 is 1.80 bits per heavy atom. The number of carbonyl (C=O) groups is 1. The van der Waals surface area contributed by atoms with Crippen LogP contribution in [-0.4, -0.2) is 5.91 Å². The van der Waals surface area contributed by atoms with Crippen molar-refractivity contribution in [3.05, 3.63) is 65.7 Å². The molecule has 2 aromatic rings. The van der Waals surface area contributed by atoms with Crippen LogP contribution in [0.25, 0.3) is 6.08 Å². The van der Waals surface area contributed by atoms with Crippen molar-refractivity contribution in [1.29, 1.82) is 0 Å². The first-order valence-electron chi connectivity index (χ1n) is 5.85. The van der Waals surface area contributed by atoms with Gasteiger partial charge in [0.25, 0.3) is 0 Å². The molecule has 3 N–H and O–H groups in total. The third-order valence-corrected chi connectivity index (χ3v) is 2.57. The lowest BCUT2D eigenvalue weighted by molar-refractivity contribution is -0.111. The van der Waals surface area contributed by atoms with Crippen LogP contribution in [0.15, 0.2) is 48.5 Å². The maximum absolute atomic E-state index is 13.3. The van der Waals surface area contributed by atoms with Gasteiger partial charge in [-0.3, -0.25) is 4.79 Å². The van der Waals surface area contributed by atoms with Gasteiger partial charge >= 0.3 is 0 Å². The average molecular weight is 274 g/mol. The Labute approximate surface area is 114 Å². The molecule has 1 amide bonds. The molecule has 0 saturated heterocycles. The van der Waals surface area contributed by atoms with Crippen LogP contribution < -0.4 is 11.1 Å². The number of rotatable bonds is 3. The Morgan fingerprint density at radius 3 is 2.50 bits per heavy atom. The molecule has 0 bridgehead atoms. The van der Waals surface area contributed by atoms with E-state index in [1.165, 1.54) is 18.2 Å². The van der Waals surface area contributed by atoms with Crippen LogP contribution in [0.1, 0.15) is 5.56 Å². The van der Waals surface area contributed by atoms with Crippen LogP contribution in [0.5, 0.6) is 0 Å². The number of nitrogen functional groups attached to an aromatic ring is 1. The van der Waals surface area contributed by atoms with Crippen molar-refractivity contribution in [3.63, 3.8) is 0 Å². The number of hydrogen-bond donors (Lipinski definition) is 2. The lowest BCUT2D eigenvalue weighted by atomic mass is 10.2. The number of hydrogen-bond acceptors (Lipinski definition) is 2. The van der Waals surface area contributed by atoms with Gasteiger partial charge in [0, 0.05) is 11.8 Å². The minimum atomic E-state index is -1.08. The molecular formula is C15H12F2N2O. The summed E-state index contributed by atoms with van der Waals surface area (Å²) in [5.41, 5.74) is 6.73. The first kappa shape index (κ1) is 13.7. The van der Waals surface area contributed by atoms with Crippen molar-refractivity contribution in [1.82, 2.24) is 0 Å². The fraction of sp³-hybridized carbons (Fsp3) is 0. The van der Waals surface area contributed by atoms with Crippen LogP contribution in [0.3, 0.4) is 0 Å². The first-order valence-corrected chi connectivity index (χ1v) is 5.85. The zero-order valence-electron chi connectivity index (χ0n) is 10.4. The molecule has 2 rings (SSSR count). The molecule has 0 aliphatic carbocycles. The molecule has 0 unspecified atom stereocenters. The standard InChI is InChI=1S/C15H12F2N2O/c16-12-2-1-3-13(15(12)17)19-14(20)9-6-10-4-7-11(18)8-5-10/h1-9H,18H2,(H,19,20)/b9-6+. The number of nitrogens with two attached hydrogens (primary N) is 1. The van der Waals surface area contributed by atoms with Crippen molar-refractivity contribution in [2.45, 2.75) is 0 Å². The fourth-order valence-corrected chi connectivity index (χ4v) is 1.55. The highest BCUT2D eigenvalue weighted by atomic mass is 19.2. The Hall–Kier alpha value is -2.69. The van der Waals surface area contributed by atoms with Gasteiger partial charge in [-0.05, 0) is 35.9 Å². The van der Waals surface area contributed by atoms with Gasteiger partial charge in [-0.1, -0.05) is 18.2 Å². The molecule has 0 fully saturated rings. The minimum Gasteiger partial charge on any atom is -0.399 e. The number of nitrogens with one attached hydrogen (secondary N) is 1. The molecule has 0 spiro atoms. The van der Waals surface area contributed by atoms with Gasteiger partial charge in [0.15, 0.2) is 11.6 Å². The molecule has 0 aliphatic rings. The third-order valence-electron chi connectivity index (χ3n) is 2.57. The number of anilines is 2. The number of amides is 1. The van der Waals surface area contributed by atoms with E-state index in [0.29, 0.717) is 5.69 Å². The summed E-state index contributed by atoms with van der Waals surface area (Å²) in [4.78, 5) is 11.6. The molecule has 0 heterocycles. The van der Waals surface area contributed by atoms with E-state index in [1.807, 2.05) is 0 Å². The van der Waals surface area contributed by atoms with Crippen molar-refractivity contribution >= 4 is 23.4 Å². The van der Waals surface area contributed by atoms with Crippen LogP contribution in [0.2, 0.25) is 0 Å². The summed E-state index contributed by atoms with van der Waals surface area (Å²) >= 11 is 0. The van der Waals surface area contributed by atoms with E-state index >= 15 is 0 Å². The predicted octanol–water partition coefficient (Wildman–Crippen LogP) is 3.20. The molecule has 2 aromatic carbocycles. The summed E-state index contributed by atoms with van der Waals surface area (Å²) in [7, 11) is 0. The van der Waals surface area contributed by atoms with Gasteiger partial charge in [-0.15, -0.1) is 0 Å². The second-order valence-electron chi connectivity index (χ2n) is 4.09. The molecule has 0 saturated carbocycles. The van der Waals surface area contributed by atoms with Gasteiger partial charge in [0.2, 0.25) is 5.91 Å². The van der Waals surface area contributed by atoms with Gasteiger partial charge in [0.1, 0.15) is 0 Å². The monoisotopic (exact) mass is 274 g/mol. The summed E-state index contributed by atoms with van der Waals surface area (Å²) in [5.74, 6) is -2.64. The number of halogens is 2. The third kappa shape index (κ3) is 3.41. The van der Waals surface area contributed by atoms with E-state index in [2.05, 4.69) is 5.32 Å². The molecule has 5 heteroatoms. The number of benzene rings is 2. The second kappa shape index (κ2) is 5.97. The topological polar surface area (TPSA) is 55.1 Å². The van der Waals surface area contributed by atoms with Crippen LogP contribution in [0.4, 0.5) is 20.2 Å². The van der Waals surface area contributed by atoms with Crippen molar-refractivity contribution in [2.75, 3.05) is 11.1 Å². The molecule has 3 nitrogen and oxygen atoms in total. The van der Waals surface area contributed by atoms with Gasteiger partial charge < -0.3 is 11.1 Å². The summed E-state index contributed by atoms with van der Waals surface area (Å²) in [5, 5.41) is 2.27. The Morgan fingerprint density at radius 1 is 1.10 bits per heavy atom. The lowest BCUT2D eigenvalue weighted by Gasteiger charge is -2.03. The predicted molar refractivity (Wildman–Crippen MR) is 74.9 cm³/mol. The second-order valence-corrected chi connectivity index (χ2v) is 4.09. The van der Waals surface area contributed by atoms with E-state index in [4.69, 9.17) is 5.73 Å². The zero-order chi connectivity index (χ0) is 14.5. The molecule has 0 aliphatic heterocycles. The molecule has 0 aromatic heterocycles. The van der Waals surface area contributed by atoms with Crippen molar-refractivity contribution in [3.8, 4) is 0 Å². The first-order chi connectivity index (χ1) is 9.56. The molecule has 0 radical (unpaired) electrons. The highest BCUT2D eigenvalue weighted by Gasteiger charge is 2.08. The van der Waals surface area contributed by atoms with Crippen LogP contribution in [-0.2, 0) is 4.79 Å². The summed E-state index contributed by atoms with van der Waals surface area (Å²) in [6.07, 6.45) is 2.78. The summed E-state index contributed by atoms with van der Waals surface area (Å²) in [6.45, 7) is 0. The van der Waals surface area contributed by atoms with Crippen LogP contribution in [0, 0.1) is 11.6 Å². The molecular weight excluding hydrogens is 262 g/mol. The maximum Gasteiger partial charge on any atom is 0.248 e. The van der Waals surface area contributed by atoms with Crippen molar-refractivity contribution in [2.24, 2.45) is 0 Å². The van der Waals surface area contributed by atoms with Gasteiger partial charge in [-0.25, -0.2) is 8.78 Å². The Kier molecular flexibility index (Phi) is 4.10. The van der Waals surface area contributed by atoms with E-state index in [1.54, 1.807) is 30.3 Å². The van der Waals surface area contributed by atoms with E-state index in [0.717, 1.165) is 11.6 Å².